The highest BCUT2D eigenvalue weighted by Gasteiger charge is 2.29. The largest absolute Gasteiger partial charge is 0.396 e. The molecule has 6 nitrogen and oxygen atoms in total. The average Bonchev–Trinajstić information content (AvgIpc) is 3.09. The molecular weight excluding hydrogens is 481 g/mol. The Morgan fingerprint density at radius 2 is 1.79 bits per heavy atom. The van der Waals surface area contributed by atoms with E-state index < -0.39 is 12.0 Å². The molecule has 0 saturated heterocycles. The molecule has 2 heterocycles. The van der Waals surface area contributed by atoms with Gasteiger partial charge in [0, 0.05) is 17.0 Å². The Labute approximate surface area is 192 Å². The molecule has 0 aliphatic carbocycles. The first-order valence-electron chi connectivity index (χ1n) is 9.88. The summed E-state index contributed by atoms with van der Waals surface area (Å²) in [5, 5.41) is 20.5. The number of aliphatic hydroxyl groups excluding tert-OH is 1. The van der Waals surface area contributed by atoms with Crippen molar-refractivity contribution in [1.29, 1.82) is 0 Å². The van der Waals surface area contributed by atoms with Crippen LogP contribution in [0.15, 0.2) is 6.33 Å². The second kappa shape index (κ2) is 13.1. The van der Waals surface area contributed by atoms with Gasteiger partial charge in [0.2, 0.25) is 0 Å². The van der Waals surface area contributed by atoms with Crippen LogP contribution in [-0.4, -0.2) is 42.0 Å². The van der Waals surface area contributed by atoms with Crippen LogP contribution in [0.3, 0.4) is 0 Å². The van der Waals surface area contributed by atoms with Gasteiger partial charge in [0.25, 0.3) is 0 Å². The molecule has 2 aromatic heterocycles. The monoisotopic (exact) mass is 513 g/mol. The van der Waals surface area contributed by atoms with Crippen molar-refractivity contribution in [3.63, 3.8) is 0 Å². The topological polar surface area (TPSA) is 80.4 Å². The Morgan fingerprint density at radius 3 is 2.24 bits per heavy atom. The number of hydrogen-bond acceptors (Lipinski definition) is 5. The van der Waals surface area contributed by atoms with E-state index in [0.717, 1.165) is 0 Å². The molecule has 168 valence electrons. The van der Waals surface area contributed by atoms with Crippen molar-refractivity contribution in [3.05, 3.63) is 22.1 Å². The summed E-state index contributed by atoms with van der Waals surface area (Å²) < 4.78 is 7.49. The molecule has 0 radical (unpaired) electrons. The maximum absolute atomic E-state index is 10.1. The van der Waals surface area contributed by atoms with Crippen molar-refractivity contribution in [2.45, 2.75) is 78.7 Å². The number of aromatic nitrogens is 3. The SMILES string of the molecule is CC.CC.Cc1c(Cl)nc2c(ncn2[C@@H](CC(CO)[C@@H](C)Br)OC(C)(C)O)c1Cl. The van der Waals surface area contributed by atoms with E-state index in [2.05, 4.69) is 25.9 Å². The lowest BCUT2D eigenvalue weighted by atomic mass is 10.0. The molecule has 2 N–H and O–H groups in total. The average molecular weight is 515 g/mol. The number of pyridine rings is 1. The van der Waals surface area contributed by atoms with Crippen LogP contribution >= 0.6 is 39.1 Å². The van der Waals surface area contributed by atoms with Crippen LogP contribution in [0.4, 0.5) is 0 Å². The van der Waals surface area contributed by atoms with Gasteiger partial charge in [0.15, 0.2) is 11.4 Å². The van der Waals surface area contributed by atoms with Crippen molar-refractivity contribution >= 4 is 50.3 Å². The van der Waals surface area contributed by atoms with Gasteiger partial charge in [-0.15, -0.1) is 0 Å². The fourth-order valence-corrected chi connectivity index (χ4v) is 3.32. The van der Waals surface area contributed by atoms with Crippen LogP contribution in [0.2, 0.25) is 10.2 Å². The zero-order valence-electron chi connectivity index (χ0n) is 18.5. The quantitative estimate of drug-likeness (QED) is 0.264. The van der Waals surface area contributed by atoms with Gasteiger partial charge >= 0.3 is 0 Å². The smallest absolute Gasteiger partial charge is 0.165 e. The Hall–Kier alpha value is -0.440. The number of hydrogen-bond donors (Lipinski definition) is 2. The lowest BCUT2D eigenvalue weighted by Crippen LogP contribution is -2.31. The van der Waals surface area contributed by atoms with Gasteiger partial charge < -0.3 is 14.9 Å². The molecule has 0 fully saturated rings. The highest BCUT2D eigenvalue weighted by Crippen LogP contribution is 2.34. The van der Waals surface area contributed by atoms with E-state index in [1.807, 2.05) is 34.6 Å². The standard InChI is InChI=1S/C16H22BrCl2N3O3.2C2H6/c1-8-12(18)13-15(21-14(8)19)22(7-20-13)11(25-16(3,4)24)5-10(6-23)9(2)17;2*1-2/h7,9-11,23-24H,5-6H2,1-4H3;2*1-2H3/t9-,10?,11-;;/m1../s1. The lowest BCUT2D eigenvalue weighted by molar-refractivity contribution is -0.229. The van der Waals surface area contributed by atoms with Crippen molar-refractivity contribution < 1.29 is 14.9 Å². The number of fused-ring (bicyclic) bond motifs is 1. The summed E-state index contributed by atoms with van der Waals surface area (Å²) in [5.41, 5.74) is 1.64. The molecule has 9 heteroatoms. The summed E-state index contributed by atoms with van der Waals surface area (Å²) in [6, 6.07) is 0. The molecule has 0 aromatic carbocycles. The maximum atomic E-state index is 10.1. The number of nitrogens with zero attached hydrogens (tertiary/aromatic N) is 3. The van der Waals surface area contributed by atoms with Gasteiger partial charge in [-0.1, -0.05) is 73.8 Å². The molecule has 3 atom stereocenters. The molecule has 0 amide bonds. The second-order valence-electron chi connectivity index (χ2n) is 6.54. The molecule has 2 rings (SSSR count). The normalized spacial score (nSPS) is 14.4. The molecule has 0 saturated carbocycles. The fourth-order valence-electron chi connectivity index (χ4n) is 2.49. The zero-order chi connectivity index (χ0) is 22.9. The van der Waals surface area contributed by atoms with Crippen LogP contribution in [0, 0.1) is 12.8 Å². The first-order chi connectivity index (χ1) is 13.5. The first-order valence-corrected chi connectivity index (χ1v) is 11.6. The third-order valence-corrected chi connectivity index (χ3v) is 5.52. The summed E-state index contributed by atoms with van der Waals surface area (Å²) in [5.74, 6) is -1.48. The van der Waals surface area contributed by atoms with E-state index in [0.29, 0.717) is 28.2 Å². The molecule has 29 heavy (non-hydrogen) atoms. The van der Waals surface area contributed by atoms with Crippen molar-refractivity contribution in [2.24, 2.45) is 5.92 Å². The molecule has 0 aliphatic heterocycles. The van der Waals surface area contributed by atoms with E-state index in [4.69, 9.17) is 27.9 Å². The molecule has 2 aromatic rings. The van der Waals surface area contributed by atoms with Crippen LogP contribution in [-0.2, 0) is 4.74 Å². The summed E-state index contributed by atoms with van der Waals surface area (Å²) in [6.07, 6.45) is 1.39. The first kappa shape index (κ1) is 28.6. The number of rotatable bonds is 7. The highest BCUT2D eigenvalue weighted by atomic mass is 79.9. The molecule has 0 aliphatic rings. The van der Waals surface area contributed by atoms with Crippen molar-refractivity contribution in [2.75, 3.05) is 6.61 Å². The van der Waals surface area contributed by atoms with Gasteiger partial charge in [-0.25, -0.2) is 9.97 Å². The summed E-state index contributed by atoms with van der Waals surface area (Å²) in [4.78, 5) is 8.75. The lowest BCUT2D eigenvalue weighted by Gasteiger charge is -2.30. The van der Waals surface area contributed by atoms with Crippen molar-refractivity contribution in [3.8, 4) is 0 Å². The molecule has 1 unspecified atom stereocenters. The highest BCUT2D eigenvalue weighted by molar-refractivity contribution is 9.09. The van der Waals surface area contributed by atoms with Gasteiger partial charge in [-0.3, -0.25) is 4.57 Å². The third kappa shape index (κ3) is 7.96. The minimum atomic E-state index is -1.38. The predicted octanol–water partition coefficient (Wildman–Crippen LogP) is 6.12. The number of halogens is 3. The summed E-state index contributed by atoms with van der Waals surface area (Å²) in [6.45, 7) is 14.8. The minimum absolute atomic E-state index is 0.0290. The van der Waals surface area contributed by atoms with Gasteiger partial charge in [-0.2, -0.15) is 0 Å². The number of alkyl halides is 1. The Balaban J connectivity index is 0.00000184. The molecule has 0 spiro atoms. The minimum Gasteiger partial charge on any atom is -0.396 e. The number of imidazole rings is 1. The van der Waals surface area contributed by atoms with E-state index >= 15 is 0 Å². The fraction of sp³-hybridized carbons (Fsp3) is 0.700. The maximum Gasteiger partial charge on any atom is 0.165 e. The van der Waals surface area contributed by atoms with Gasteiger partial charge in [-0.05, 0) is 33.1 Å². The Bertz CT molecular complexity index is 749. The summed E-state index contributed by atoms with van der Waals surface area (Å²) >= 11 is 16.0. The summed E-state index contributed by atoms with van der Waals surface area (Å²) in [7, 11) is 0. The van der Waals surface area contributed by atoms with Crippen LogP contribution in [0.1, 0.15) is 66.7 Å². The van der Waals surface area contributed by atoms with E-state index in [-0.39, 0.29) is 22.5 Å². The van der Waals surface area contributed by atoms with Gasteiger partial charge in [0.1, 0.15) is 16.9 Å². The third-order valence-electron chi connectivity index (χ3n) is 3.94. The van der Waals surface area contributed by atoms with Crippen molar-refractivity contribution in [1.82, 2.24) is 14.5 Å². The molecular formula is C20H34BrCl2N3O3. The zero-order valence-corrected chi connectivity index (χ0v) is 21.6. The number of ether oxygens (including phenoxy) is 1. The van der Waals surface area contributed by atoms with Crippen LogP contribution in [0.25, 0.3) is 11.2 Å². The predicted molar refractivity (Wildman–Crippen MR) is 125 cm³/mol. The Morgan fingerprint density at radius 1 is 1.24 bits per heavy atom. The van der Waals surface area contributed by atoms with Crippen LogP contribution in [0.5, 0.6) is 0 Å². The second-order valence-corrected chi connectivity index (χ2v) is 8.72. The molecule has 0 bridgehead atoms. The van der Waals surface area contributed by atoms with Gasteiger partial charge in [0.05, 0.1) is 11.3 Å². The van der Waals surface area contributed by atoms with Crippen LogP contribution < -0.4 is 0 Å². The van der Waals surface area contributed by atoms with E-state index in [1.165, 1.54) is 0 Å². The van der Waals surface area contributed by atoms with E-state index in [1.54, 1.807) is 31.7 Å². The Kier molecular flexibility index (Phi) is 12.9. The number of aliphatic hydroxyl groups is 2. The van der Waals surface area contributed by atoms with E-state index in [9.17, 15) is 10.2 Å².